The Morgan fingerprint density at radius 1 is 0.556 bits per heavy atom. The van der Waals surface area contributed by atoms with E-state index in [2.05, 4.69) is 177 Å². The predicted molar refractivity (Wildman–Crippen MR) is 228 cm³/mol. The van der Waals surface area contributed by atoms with Crippen molar-refractivity contribution in [2.75, 3.05) is 9.80 Å². The molecule has 0 atom stereocenters. The lowest BCUT2D eigenvalue weighted by molar-refractivity contribution is 0.591. The fourth-order valence-electron chi connectivity index (χ4n) is 9.40. The van der Waals surface area contributed by atoms with Crippen molar-refractivity contribution >= 4 is 95.5 Å². The molecule has 54 heavy (non-hydrogen) atoms. The number of rotatable bonds is 2. The summed E-state index contributed by atoms with van der Waals surface area (Å²) in [6.45, 7) is 13.8. The first-order valence-corrected chi connectivity index (χ1v) is 19.0. The summed E-state index contributed by atoms with van der Waals surface area (Å²) in [5.74, 6) is 0. The molecule has 0 aliphatic carbocycles. The molecular weight excluding hydrogens is 657 g/mol. The van der Waals surface area contributed by atoms with Gasteiger partial charge in [-0.2, -0.15) is 0 Å². The highest BCUT2D eigenvalue weighted by Gasteiger charge is 2.47. The molecule has 2 aliphatic rings. The van der Waals surface area contributed by atoms with Gasteiger partial charge in [0.15, 0.2) is 0 Å². The molecule has 2 aliphatic heterocycles. The van der Waals surface area contributed by atoms with Gasteiger partial charge in [0.2, 0.25) is 0 Å². The fourth-order valence-corrected chi connectivity index (χ4v) is 9.40. The van der Waals surface area contributed by atoms with E-state index in [0.29, 0.717) is 0 Å². The van der Waals surface area contributed by atoms with Crippen LogP contribution in [0.3, 0.4) is 0 Å². The molecule has 0 fully saturated rings. The van der Waals surface area contributed by atoms with Crippen LogP contribution >= 0.6 is 0 Å². The molecule has 0 saturated heterocycles. The third-order valence-corrected chi connectivity index (χ3v) is 11.9. The van der Waals surface area contributed by atoms with Crippen molar-refractivity contribution in [2.45, 2.75) is 52.4 Å². The molecule has 0 saturated carbocycles. The quantitative estimate of drug-likeness (QED) is 0.169. The second-order valence-corrected chi connectivity index (χ2v) is 17.1. The molecule has 0 unspecified atom stereocenters. The number of aromatic nitrogens is 3. The monoisotopic (exact) mass is 697 g/mol. The van der Waals surface area contributed by atoms with Gasteiger partial charge in [-0.25, -0.2) is 9.97 Å². The smallest absolute Gasteiger partial charge is 0.275 e. The van der Waals surface area contributed by atoms with Crippen LogP contribution in [-0.4, -0.2) is 21.1 Å². The fraction of sp³-hybridized carbons (Fsp3) is 0.167. The van der Waals surface area contributed by atoms with Crippen molar-refractivity contribution in [3.05, 3.63) is 145 Å². The molecule has 0 radical (unpaired) electrons. The summed E-state index contributed by atoms with van der Waals surface area (Å²) >= 11 is 0. The predicted octanol–water partition coefficient (Wildman–Crippen LogP) is 10.3. The van der Waals surface area contributed by atoms with Gasteiger partial charge in [0, 0.05) is 44.2 Å². The van der Waals surface area contributed by atoms with Gasteiger partial charge in [-0.15, -0.1) is 0 Å². The van der Waals surface area contributed by atoms with Gasteiger partial charge in [-0.1, -0.05) is 108 Å². The van der Waals surface area contributed by atoms with Gasteiger partial charge in [-0.3, -0.25) is 0 Å². The minimum atomic E-state index is -0.108. The van der Waals surface area contributed by atoms with E-state index in [9.17, 15) is 0 Å². The molecule has 0 N–H and O–H groups in total. The maximum absolute atomic E-state index is 5.18. The van der Waals surface area contributed by atoms with Gasteiger partial charge < -0.3 is 14.2 Å². The molecule has 5 heterocycles. The van der Waals surface area contributed by atoms with Gasteiger partial charge in [-0.05, 0) is 87.5 Å². The van der Waals surface area contributed by atoms with Crippen molar-refractivity contribution in [3.63, 3.8) is 0 Å². The molecule has 260 valence electrons. The van der Waals surface area contributed by atoms with E-state index in [4.69, 9.17) is 9.97 Å². The van der Waals surface area contributed by atoms with Crippen molar-refractivity contribution in [2.24, 2.45) is 0 Å². The lowest BCUT2D eigenvalue weighted by atomic mass is 9.34. The molecule has 6 aromatic carbocycles. The number of hydrogen-bond donors (Lipinski definition) is 0. The Morgan fingerprint density at radius 3 is 1.63 bits per heavy atom. The molecule has 11 rings (SSSR count). The number of hydrogen-bond acceptors (Lipinski definition) is 4. The standard InChI is InChI=1S/C48H40BN5/c1-47(2,3)29-21-23-36-33(25-29)40-43-41(34-26-30(48(4,5)6)22-24-37(34)54(36)43)45-42-44(40)52(31-15-9-7-10-16-31)38-20-14-13-19-35(38)49(42)46-39(27-50-28-51-46)53(45)32-17-11-8-12-18-32/h7-28H,1-6H3. The van der Waals surface area contributed by atoms with Crippen molar-refractivity contribution < 1.29 is 0 Å². The van der Waals surface area contributed by atoms with Gasteiger partial charge in [0.25, 0.3) is 6.71 Å². The summed E-state index contributed by atoms with van der Waals surface area (Å²) in [7, 11) is 0. The summed E-state index contributed by atoms with van der Waals surface area (Å²) < 4.78 is 2.56. The zero-order chi connectivity index (χ0) is 36.7. The second kappa shape index (κ2) is 10.7. The van der Waals surface area contributed by atoms with E-state index in [0.717, 1.165) is 22.7 Å². The third-order valence-electron chi connectivity index (χ3n) is 11.9. The van der Waals surface area contributed by atoms with Crippen LogP contribution in [-0.2, 0) is 10.8 Å². The zero-order valence-corrected chi connectivity index (χ0v) is 31.5. The second-order valence-electron chi connectivity index (χ2n) is 17.1. The van der Waals surface area contributed by atoms with Crippen LogP contribution in [0.2, 0.25) is 0 Å². The molecule has 0 spiro atoms. The first kappa shape index (κ1) is 31.4. The zero-order valence-electron chi connectivity index (χ0n) is 31.5. The summed E-state index contributed by atoms with van der Waals surface area (Å²) in [6, 6.07) is 45.0. The topological polar surface area (TPSA) is 36.7 Å². The Kier molecular flexibility index (Phi) is 6.24. The van der Waals surface area contributed by atoms with Crippen molar-refractivity contribution in [1.82, 2.24) is 14.4 Å². The van der Waals surface area contributed by atoms with E-state index < -0.39 is 0 Å². The van der Waals surface area contributed by atoms with Crippen molar-refractivity contribution in [1.29, 1.82) is 0 Å². The van der Waals surface area contributed by atoms with E-state index in [1.165, 1.54) is 77.2 Å². The van der Waals surface area contributed by atoms with Crippen LogP contribution < -0.4 is 26.3 Å². The highest BCUT2D eigenvalue weighted by molar-refractivity contribution is 7.00. The Hall–Kier alpha value is -6.14. The van der Waals surface area contributed by atoms with Crippen molar-refractivity contribution in [3.8, 4) is 0 Å². The number of fused-ring (bicyclic) bond motifs is 12. The normalized spacial score (nSPS) is 14.0. The molecule has 0 amide bonds. The van der Waals surface area contributed by atoms with E-state index in [-0.39, 0.29) is 17.5 Å². The summed E-state index contributed by atoms with van der Waals surface area (Å²) in [4.78, 5) is 14.9. The Morgan fingerprint density at radius 2 is 1.07 bits per heavy atom. The number of benzene rings is 6. The SMILES string of the molecule is CC(C)(C)c1ccc2c(c1)c1c3c4c(c5c6cc(C(C)(C)C)ccc6n2c15)N(c1ccccc1)c1cncnc1B4c1ccccc1N3c1ccccc1. The summed E-state index contributed by atoms with van der Waals surface area (Å²) in [6.07, 6.45) is 3.75. The van der Waals surface area contributed by atoms with Crippen LogP contribution in [0.1, 0.15) is 52.7 Å². The van der Waals surface area contributed by atoms with Crippen LogP contribution in [0.4, 0.5) is 34.1 Å². The summed E-state index contributed by atoms with van der Waals surface area (Å²) in [5.41, 5.74) is 16.7. The number of para-hydroxylation sites is 3. The number of anilines is 6. The Labute approximate surface area is 315 Å². The average molecular weight is 698 g/mol. The molecule has 9 aromatic rings. The van der Waals surface area contributed by atoms with Crippen LogP contribution in [0.15, 0.2) is 134 Å². The Balaban J connectivity index is 1.46. The van der Waals surface area contributed by atoms with Gasteiger partial charge in [0.1, 0.15) is 6.33 Å². The largest absolute Gasteiger partial charge is 0.311 e. The van der Waals surface area contributed by atoms with E-state index in [1.807, 2.05) is 6.20 Å². The average Bonchev–Trinajstić information content (AvgIpc) is 3.69. The highest BCUT2D eigenvalue weighted by Crippen LogP contribution is 2.54. The lowest BCUT2D eigenvalue weighted by Gasteiger charge is -2.44. The Bertz CT molecular complexity index is 2770. The summed E-state index contributed by atoms with van der Waals surface area (Å²) in [5, 5.41) is 5.11. The molecule has 5 nitrogen and oxygen atoms in total. The highest BCUT2D eigenvalue weighted by atomic mass is 15.2. The maximum Gasteiger partial charge on any atom is 0.275 e. The molecule has 3 aromatic heterocycles. The van der Waals surface area contributed by atoms with Gasteiger partial charge >= 0.3 is 0 Å². The minimum Gasteiger partial charge on any atom is -0.311 e. The first-order valence-electron chi connectivity index (χ1n) is 19.0. The molecule has 0 bridgehead atoms. The molecule has 6 heteroatoms. The maximum atomic E-state index is 5.18. The number of nitrogens with zero attached hydrogens (tertiary/aromatic N) is 5. The van der Waals surface area contributed by atoms with E-state index >= 15 is 0 Å². The van der Waals surface area contributed by atoms with Crippen LogP contribution in [0.25, 0.3) is 38.1 Å². The van der Waals surface area contributed by atoms with Gasteiger partial charge in [0.05, 0.1) is 39.8 Å². The lowest BCUT2D eigenvalue weighted by Crippen LogP contribution is -2.62. The third kappa shape index (κ3) is 4.11. The first-order chi connectivity index (χ1) is 26.1. The van der Waals surface area contributed by atoms with Crippen LogP contribution in [0.5, 0.6) is 0 Å². The molecular formula is C48H40BN5. The van der Waals surface area contributed by atoms with Crippen LogP contribution in [0, 0.1) is 0 Å². The minimum absolute atomic E-state index is 0.0191. The van der Waals surface area contributed by atoms with E-state index in [1.54, 1.807) is 6.33 Å².